The molecule has 1 amide bonds. The van der Waals surface area contributed by atoms with Crippen molar-refractivity contribution in [2.24, 2.45) is 11.8 Å². The molecule has 1 spiro atoms. The topological polar surface area (TPSA) is 55.8 Å². The molecule has 0 N–H and O–H groups in total. The van der Waals surface area contributed by atoms with Crippen LogP contribution in [-0.4, -0.2) is 36.7 Å². The van der Waals surface area contributed by atoms with Gasteiger partial charge in [-0.15, -0.1) is 0 Å². The first-order chi connectivity index (χ1) is 11.1. The van der Waals surface area contributed by atoms with Crippen molar-refractivity contribution in [1.29, 1.82) is 0 Å². The molecule has 3 heterocycles. The Hall–Kier alpha value is -2.14. The molecule has 0 unspecified atom stereocenters. The zero-order valence-electron chi connectivity index (χ0n) is 13.2. The van der Waals surface area contributed by atoms with Crippen LogP contribution >= 0.6 is 0 Å². The molecule has 4 atom stereocenters. The molecular weight excluding hydrogens is 294 g/mol. The highest BCUT2D eigenvalue weighted by atomic mass is 16.6. The average Bonchev–Trinajstić information content (AvgIpc) is 3.17. The van der Waals surface area contributed by atoms with E-state index in [1.165, 1.54) is 0 Å². The van der Waals surface area contributed by atoms with Gasteiger partial charge in [0.25, 0.3) is 0 Å². The van der Waals surface area contributed by atoms with Gasteiger partial charge in [0.05, 0.1) is 25.2 Å². The van der Waals surface area contributed by atoms with Crippen LogP contribution in [0, 0.1) is 18.8 Å². The predicted molar refractivity (Wildman–Crippen MR) is 83.9 cm³/mol. The molecule has 3 aliphatic rings. The monoisotopic (exact) mass is 313 g/mol. The molecule has 1 aromatic rings. The second-order valence-electron chi connectivity index (χ2n) is 6.41. The molecule has 2 saturated heterocycles. The second kappa shape index (κ2) is 4.93. The third kappa shape index (κ3) is 1.96. The standard InChI is InChI=1S/C18H19NO4/c1-3-22-17(21)14-13-8-9-18(23-13)10-19(16(20)15(14)18)12-6-4-11(2)5-7-12/h4-9,13-15H,3,10H2,1-2H3/t13-,14-,15-,18+/m1/s1. The maximum absolute atomic E-state index is 13.0. The van der Waals surface area contributed by atoms with Crippen LogP contribution in [-0.2, 0) is 19.1 Å². The van der Waals surface area contributed by atoms with Crippen LogP contribution < -0.4 is 4.90 Å². The van der Waals surface area contributed by atoms with Gasteiger partial charge in [0.15, 0.2) is 0 Å². The van der Waals surface area contributed by atoms with E-state index in [2.05, 4.69) is 0 Å². The number of carbonyl (C=O) groups excluding carboxylic acids is 2. The maximum atomic E-state index is 13.0. The molecule has 23 heavy (non-hydrogen) atoms. The Bertz CT molecular complexity index is 695. The number of hydrogen-bond acceptors (Lipinski definition) is 4. The molecule has 2 fully saturated rings. The van der Waals surface area contributed by atoms with Gasteiger partial charge < -0.3 is 14.4 Å². The van der Waals surface area contributed by atoms with Gasteiger partial charge in [-0.3, -0.25) is 9.59 Å². The van der Waals surface area contributed by atoms with E-state index in [0.717, 1.165) is 11.3 Å². The van der Waals surface area contributed by atoms with Crippen molar-refractivity contribution in [3.05, 3.63) is 42.0 Å². The first-order valence-corrected chi connectivity index (χ1v) is 7.97. The van der Waals surface area contributed by atoms with Crippen molar-refractivity contribution in [3.8, 4) is 0 Å². The number of rotatable bonds is 3. The number of aryl methyl sites for hydroxylation is 1. The van der Waals surface area contributed by atoms with Crippen molar-refractivity contribution in [1.82, 2.24) is 0 Å². The Morgan fingerprint density at radius 2 is 2.13 bits per heavy atom. The van der Waals surface area contributed by atoms with Gasteiger partial charge in [0.2, 0.25) is 5.91 Å². The van der Waals surface area contributed by atoms with Crippen LogP contribution in [0.1, 0.15) is 12.5 Å². The first-order valence-electron chi connectivity index (χ1n) is 7.97. The maximum Gasteiger partial charge on any atom is 0.312 e. The number of nitrogens with zero attached hydrogens (tertiary/aromatic N) is 1. The summed E-state index contributed by atoms with van der Waals surface area (Å²) < 4.78 is 11.2. The molecule has 1 aromatic carbocycles. The largest absolute Gasteiger partial charge is 0.466 e. The molecule has 5 nitrogen and oxygen atoms in total. The predicted octanol–water partition coefficient (Wildman–Crippen LogP) is 1.84. The molecule has 0 aromatic heterocycles. The van der Waals surface area contributed by atoms with E-state index >= 15 is 0 Å². The number of fused-ring (bicyclic) bond motifs is 1. The van der Waals surface area contributed by atoms with Crippen molar-refractivity contribution >= 4 is 17.6 Å². The lowest BCUT2D eigenvalue weighted by Crippen LogP contribution is -2.40. The van der Waals surface area contributed by atoms with Crippen molar-refractivity contribution in [2.45, 2.75) is 25.6 Å². The average molecular weight is 313 g/mol. The smallest absolute Gasteiger partial charge is 0.312 e. The summed E-state index contributed by atoms with van der Waals surface area (Å²) in [5, 5.41) is 0. The van der Waals surface area contributed by atoms with Gasteiger partial charge >= 0.3 is 5.97 Å². The van der Waals surface area contributed by atoms with Crippen LogP contribution in [0.4, 0.5) is 5.69 Å². The summed E-state index contributed by atoms with van der Waals surface area (Å²) in [6.45, 7) is 4.53. The third-order valence-electron chi connectivity index (χ3n) is 5.00. The summed E-state index contributed by atoms with van der Waals surface area (Å²) >= 11 is 0. The summed E-state index contributed by atoms with van der Waals surface area (Å²) in [6, 6.07) is 7.82. The third-order valence-corrected chi connectivity index (χ3v) is 5.00. The quantitative estimate of drug-likeness (QED) is 0.631. The highest BCUT2D eigenvalue weighted by Crippen LogP contribution is 2.52. The minimum absolute atomic E-state index is 0.0567. The van der Waals surface area contributed by atoms with Crippen LogP contribution in [0.25, 0.3) is 0 Å². The normalized spacial score (nSPS) is 34.1. The van der Waals surface area contributed by atoms with Crippen molar-refractivity contribution in [2.75, 3.05) is 18.1 Å². The van der Waals surface area contributed by atoms with Crippen molar-refractivity contribution < 1.29 is 19.1 Å². The lowest BCUT2D eigenvalue weighted by Gasteiger charge is -2.22. The minimum atomic E-state index is -0.690. The molecule has 120 valence electrons. The summed E-state index contributed by atoms with van der Waals surface area (Å²) in [4.78, 5) is 27.0. The zero-order valence-corrected chi connectivity index (χ0v) is 13.2. The Labute approximate surface area is 134 Å². The molecule has 4 rings (SSSR count). The summed E-state index contributed by atoms with van der Waals surface area (Å²) in [5.74, 6) is -1.42. The van der Waals surface area contributed by atoms with E-state index in [-0.39, 0.29) is 18.0 Å². The van der Waals surface area contributed by atoms with Gasteiger partial charge in [-0.05, 0) is 26.0 Å². The van der Waals surface area contributed by atoms with Gasteiger partial charge in [0, 0.05) is 5.69 Å². The molecule has 0 aliphatic carbocycles. The zero-order chi connectivity index (χ0) is 16.2. The Morgan fingerprint density at radius 3 is 2.83 bits per heavy atom. The molecular formula is C18H19NO4. The van der Waals surface area contributed by atoms with Crippen molar-refractivity contribution in [3.63, 3.8) is 0 Å². The summed E-state index contributed by atoms with van der Waals surface area (Å²) in [6.07, 6.45) is 3.50. The highest BCUT2D eigenvalue weighted by Gasteiger charge is 2.67. The van der Waals surface area contributed by atoms with E-state index in [1.807, 2.05) is 43.3 Å². The van der Waals surface area contributed by atoms with Crippen LogP contribution in [0.15, 0.2) is 36.4 Å². The van der Waals surface area contributed by atoms with Gasteiger partial charge in [-0.2, -0.15) is 0 Å². The Morgan fingerprint density at radius 1 is 1.39 bits per heavy atom. The molecule has 5 heteroatoms. The summed E-state index contributed by atoms with van der Waals surface area (Å²) in [7, 11) is 0. The van der Waals surface area contributed by atoms with Crippen LogP contribution in [0.5, 0.6) is 0 Å². The van der Waals surface area contributed by atoms with Gasteiger partial charge in [-0.1, -0.05) is 29.8 Å². The molecule has 0 saturated carbocycles. The second-order valence-corrected chi connectivity index (χ2v) is 6.41. The number of esters is 1. The number of anilines is 1. The minimum Gasteiger partial charge on any atom is -0.466 e. The fourth-order valence-electron chi connectivity index (χ4n) is 3.95. The number of benzene rings is 1. The van der Waals surface area contributed by atoms with E-state index < -0.39 is 17.4 Å². The van der Waals surface area contributed by atoms with E-state index in [9.17, 15) is 9.59 Å². The number of ether oxygens (including phenoxy) is 2. The summed E-state index contributed by atoms with van der Waals surface area (Å²) in [5.41, 5.74) is 1.29. The van der Waals surface area contributed by atoms with E-state index in [1.54, 1.807) is 11.8 Å². The Balaban J connectivity index is 1.68. The molecule has 3 aliphatic heterocycles. The highest BCUT2D eigenvalue weighted by molar-refractivity contribution is 6.02. The van der Waals surface area contributed by atoms with Crippen LogP contribution in [0.2, 0.25) is 0 Å². The van der Waals surface area contributed by atoms with E-state index in [0.29, 0.717) is 13.2 Å². The lowest BCUT2D eigenvalue weighted by molar-refractivity contribution is -0.151. The lowest BCUT2D eigenvalue weighted by atomic mass is 9.77. The number of carbonyl (C=O) groups is 2. The Kier molecular flexibility index (Phi) is 3.10. The van der Waals surface area contributed by atoms with Gasteiger partial charge in [0.1, 0.15) is 11.5 Å². The van der Waals surface area contributed by atoms with E-state index in [4.69, 9.17) is 9.47 Å². The first kappa shape index (κ1) is 14.5. The fourth-order valence-corrected chi connectivity index (χ4v) is 3.95. The van der Waals surface area contributed by atoms with Gasteiger partial charge in [-0.25, -0.2) is 0 Å². The molecule has 0 radical (unpaired) electrons. The number of hydrogen-bond donors (Lipinski definition) is 0. The van der Waals surface area contributed by atoms with Crippen LogP contribution in [0.3, 0.4) is 0 Å². The SMILES string of the molecule is CCOC(=O)[C@@H]1[C@H]2C=C[C@@]3(CN(c4ccc(C)cc4)C(=O)[C@@H]13)O2. The number of amides is 1. The molecule has 2 bridgehead atoms. The fraction of sp³-hybridized carbons (Fsp3) is 0.444.